The Kier molecular flexibility index (Phi) is 5.07. The molecule has 26 heavy (non-hydrogen) atoms. The molecule has 0 bridgehead atoms. The molecule has 1 heterocycles. The largest absolute Gasteiger partial charge is 0.491 e. The topological polar surface area (TPSA) is 68.5 Å². The molecule has 1 N–H and O–H groups in total. The van der Waals surface area contributed by atoms with Gasteiger partial charge in [0.1, 0.15) is 16.9 Å². The van der Waals surface area contributed by atoms with Crippen molar-refractivity contribution >= 4 is 16.9 Å². The number of benzene rings is 2. The minimum Gasteiger partial charge on any atom is -0.491 e. The summed E-state index contributed by atoms with van der Waals surface area (Å²) in [6.07, 6.45) is 0.102. The van der Waals surface area contributed by atoms with E-state index in [2.05, 4.69) is 5.32 Å². The number of amides is 1. The van der Waals surface area contributed by atoms with Crippen molar-refractivity contribution in [1.29, 1.82) is 0 Å². The van der Waals surface area contributed by atoms with Gasteiger partial charge in [-0.15, -0.1) is 0 Å². The van der Waals surface area contributed by atoms with Gasteiger partial charge >= 0.3 is 5.63 Å². The molecule has 1 amide bonds. The highest BCUT2D eigenvalue weighted by molar-refractivity contribution is 5.96. The molecule has 1 unspecified atom stereocenters. The lowest BCUT2D eigenvalue weighted by atomic mass is 10.1. The van der Waals surface area contributed by atoms with Crippen molar-refractivity contribution in [2.24, 2.45) is 0 Å². The van der Waals surface area contributed by atoms with Crippen LogP contribution in [-0.2, 0) is 0 Å². The van der Waals surface area contributed by atoms with Crippen LogP contribution in [0.2, 0.25) is 0 Å². The Hall–Kier alpha value is -3.08. The van der Waals surface area contributed by atoms with E-state index < -0.39 is 11.5 Å². The summed E-state index contributed by atoms with van der Waals surface area (Å²) in [5.74, 6) is 0.317. The van der Waals surface area contributed by atoms with Crippen LogP contribution in [0.4, 0.5) is 0 Å². The fourth-order valence-electron chi connectivity index (χ4n) is 2.69. The average Bonchev–Trinajstić information content (AvgIpc) is 2.61. The third-order valence-corrected chi connectivity index (χ3v) is 3.99. The van der Waals surface area contributed by atoms with Gasteiger partial charge in [0.15, 0.2) is 0 Å². The summed E-state index contributed by atoms with van der Waals surface area (Å²) in [5.41, 5.74) is 0.729. The predicted octanol–water partition coefficient (Wildman–Crippen LogP) is 4.07. The van der Waals surface area contributed by atoms with Crippen molar-refractivity contribution in [3.8, 4) is 5.75 Å². The molecular weight excluding hydrogens is 330 g/mol. The highest BCUT2D eigenvalue weighted by atomic mass is 16.5. The molecule has 3 aromatic rings. The fraction of sp³-hybridized carbons (Fsp3) is 0.238. The standard InChI is InChI=1S/C21H21NO4/c1-13(2)25-17-10-8-15(9-11-17)14(3)22-20(23)18-12-16-6-4-5-7-19(16)26-21(18)24/h4-14H,1-3H3,(H,22,23). The number of hydrogen-bond donors (Lipinski definition) is 1. The van der Waals surface area contributed by atoms with Crippen molar-refractivity contribution in [3.63, 3.8) is 0 Å². The van der Waals surface area contributed by atoms with E-state index in [0.29, 0.717) is 11.0 Å². The molecule has 134 valence electrons. The smallest absolute Gasteiger partial charge is 0.349 e. The number of fused-ring (bicyclic) bond motifs is 1. The Morgan fingerprint density at radius 3 is 2.42 bits per heavy atom. The van der Waals surface area contributed by atoms with Crippen molar-refractivity contribution in [2.45, 2.75) is 32.9 Å². The van der Waals surface area contributed by atoms with Crippen LogP contribution in [0, 0.1) is 0 Å². The molecular formula is C21H21NO4. The van der Waals surface area contributed by atoms with Crippen LogP contribution >= 0.6 is 0 Å². The number of rotatable bonds is 5. The minimum absolute atomic E-state index is 0.00434. The van der Waals surface area contributed by atoms with Gasteiger partial charge in [-0.25, -0.2) is 4.79 Å². The van der Waals surface area contributed by atoms with E-state index in [1.165, 1.54) is 0 Å². The first kappa shape index (κ1) is 17.7. The fourth-order valence-corrected chi connectivity index (χ4v) is 2.69. The molecule has 0 saturated heterocycles. The molecule has 5 nitrogen and oxygen atoms in total. The maximum Gasteiger partial charge on any atom is 0.349 e. The van der Waals surface area contributed by atoms with Crippen molar-refractivity contribution in [1.82, 2.24) is 5.32 Å². The number of carbonyl (C=O) groups excluding carboxylic acids is 1. The highest BCUT2D eigenvalue weighted by Crippen LogP contribution is 2.19. The zero-order chi connectivity index (χ0) is 18.7. The van der Waals surface area contributed by atoms with Crippen LogP contribution in [0.5, 0.6) is 5.75 Å². The van der Waals surface area contributed by atoms with E-state index in [0.717, 1.165) is 11.3 Å². The van der Waals surface area contributed by atoms with Gasteiger partial charge in [-0.05, 0) is 50.6 Å². The molecule has 0 fully saturated rings. The van der Waals surface area contributed by atoms with E-state index in [4.69, 9.17) is 9.15 Å². The molecule has 0 saturated carbocycles. The second-order valence-electron chi connectivity index (χ2n) is 6.42. The number of para-hydroxylation sites is 1. The van der Waals surface area contributed by atoms with Gasteiger partial charge in [0.05, 0.1) is 12.1 Å². The zero-order valence-corrected chi connectivity index (χ0v) is 15.0. The van der Waals surface area contributed by atoms with Gasteiger partial charge in [0.2, 0.25) is 0 Å². The normalized spacial score (nSPS) is 12.2. The van der Waals surface area contributed by atoms with E-state index in [-0.39, 0.29) is 17.7 Å². The SMILES string of the molecule is CC(C)Oc1ccc(C(C)NC(=O)c2cc3ccccc3oc2=O)cc1. The lowest BCUT2D eigenvalue weighted by Crippen LogP contribution is -2.30. The zero-order valence-electron chi connectivity index (χ0n) is 15.0. The summed E-state index contributed by atoms with van der Waals surface area (Å²) in [5, 5.41) is 3.55. The first-order valence-electron chi connectivity index (χ1n) is 8.54. The Bertz CT molecular complexity index is 973. The Balaban J connectivity index is 1.77. The maximum absolute atomic E-state index is 12.5. The third kappa shape index (κ3) is 3.94. The van der Waals surface area contributed by atoms with Crippen molar-refractivity contribution in [3.05, 3.63) is 76.1 Å². The van der Waals surface area contributed by atoms with Gasteiger partial charge in [0, 0.05) is 5.39 Å². The summed E-state index contributed by atoms with van der Waals surface area (Å²) in [6, 6.07) is 15.9. The van der Waals surface area contributed by atoms with Crippen molar-refractivity contribution < 1.29 is 13.9 Å². The van der Waals surface area contributed by atoms with Crippen LogP contribution in [0.25, 0.3) is 11.0 Å². The summed E-state index contributed by atoms with van der Waals surface area (Å²) < 4.78 is 10.8. The monoisotopic (exact) mass is 351 g/mol. The van der Waals surface area contributed by atoms with Crippen molar-refractivity contribution in [2.75, 3.05) is 0 Å². The maximum atomic E-state index is 12.5. The first-order chi connectivity index (χ1) is 12.4. The van der Waals surface area contributed by atoms with Crippen LogP contribution in [0.3, 0.4) is 0 Å². The van der Waals surface area contributed by atoms with Crippen LogP contribution in [0.1, 0.15) is 42.7 Å². The molecule has 1 atom stereocenters. The molecule has 3 rings (SSSR count). The van der Waals surface area contributed by atoms with Gasteiger partial charge in [-0.3, -0.25) is 4.79 Å². The summed E-state index contributed by atoms with van der Waals surface area (Å²) in [4.78, 5) is 24.6. The third-order valence-electron chi connectivity index (χ3n) is 3.99. The van der Waals surface area contributed by atoms with E-state index in [9.17, 15) is 9.59 Å². The summed E-state index contributed by atoms with van der Waals surface area (Å²) in [6.45, 7) is 5.79. The second-order valence-corrected chi connectivity index (χ2v) is 6.42. The molecule has 0 radical (unpaired) electrons. The Morgan fingerprint density at radius 1 is 1.04 bits per heavy atom. The van der Waals surface area contributed by atoms with E-state index >= 15 is 0 Å². The van der Waals surface area contributed by atoms with Gasteiger partial charge < -0.3 is 14.5 Å². The van der Waals surface area contributed by atoms with E-state index in [1.54, 1.807) is 24.3 Å². The Labute approximate surface area is 151 Å². The molecule has 0 aliphatic carbocycles. The van der Waals surface area contributed by atoms with Gasteiger partial charge in [0.25, 0.3) is 5.91 Å². The van der Waals surface area contributed by atoms with Gasteiger partial charge in [-0.1, -0.05) is 30.3 Å². The average molecular weight is 351 g/mol. The molecule has 0 aliphatic rings. The van der Waals surface area contributed by atoms with E-state index in [1.807, 2.05) is 51.1 Å². The number of ether oxygens (including phenoxy) is 1. The molecule has 5 heteroatoms. The predicted molar refractivity (Wildman–Crippen MR) is 101 cm³/mol. The number of hydrogen-bond acceptors (Lipinski definition) is 4. The molecule has 2 aromatic carbocycles. The van der Waals surface area contributed by atoms with Gasteiger partial charge in [-0.2, -0.15) is 0 Å². The number of nitrogens with one attached hydrogen (secondary N) is 1. The quantitative estimate of drug-likeness (QED) is 0.704. The lowest BCUT2D eigenvalue weighted by molar-refractivity contribution is 0.0936. The lowest BCUT2D eigenvalue weighted by Gasteiger charge is -2.15. The summed E-state index contributed by atoms with van der Waals surface area (Å²) >= 11 is 0. The second kappa shape index (κ2) is 7.44. The highest BCUT2D eigenvalue weighted by Gasteiger charge is 2.16. The molecule has 1 aromatic heterocycles. The summed E-state index contributed by atoms with van der Waals surface area (Å²) in [7, 11) is 0. The number of carbonyl (C=O) groups is 1. The Morgan fingerprint density at radius 2 is 1.73 bits per heavy atom. The molecule has 0 aliphatic heterocycles. The van der Waals surface area contributed by atoms with Crippen LogP contribution < -0.4 is 15.7 Å². The molecule has 0 spiro atoms. The minimum atomic E-state index is -0.644. The first-order valence-corrected chi connectivity index (χ1v) is 8.54. The van der Waals surface area contributed by atoms with Crippen LogP contribution in [0.15, 0.2) is 63.8 Å². The van der Waals surface area contributed by atoms with Crippen LogP contribution in [-0.4, -0.2) is 12.0 Å².